The smallest absolute Gasteiger partial charge is 0.253 e. The third-order valence-corrected chi connectivity index (χ3v) is 6.29. The van der Waals surface area contributed by atoms with Crippen LogP contribution in [0.15, 0.2) is 84.9 Å². The van der Waals surface area contributed by atoms with E-state index in [2.05, 4.69) is 17.6 Å². The van der Waals surface area contributed by atoms with Gasteiger partial charge in [-0.3, -0.25) is 14.4 Å². The number of carbonyl (C=O) groups is 3. The SMILES string of the molecule is [CH2][C@@H](C[C@H](Cc1ccccc1)NC(=O)c1cccc(C(=O)N(CCC)CCC)c1)C(=O)Nc1ccccc1. The second kappa shape index (κ2) is 14.7. The van der Waals surface area contributed by atoms with E-state index >= 15 is 0 Å². The molecule has 2 atom stereocenters. The first-order valence-corrected chi connectivity index (χ1v) is 13.3. The predicted molar refractivity (Wildman–Crippen MR) is 153 cm³/mol. The summed E-state index contributed by atoms with van der Waals surface area (Å²) in [5.41, 5.74) is 2.66. The zero-order chi connectivity index (χ0) is 27.3. The minimum Gasteiger partial charge on any atom is -0.349 e. The fourth-order valence-corrected chi connectivity index (χ4v) is 4.41. The van der Waals surface area contributed by atoms with Crippen molar-refractivity contribution >= 4 is 23.4 Å². The van der Waals surface area contributed by atoms with Crippen molar-refractivity contribution in [3.8, 4) is 0 Å². The van der Waals surface area contributed by atoms with Crippen molar-refractivity contribution in [3.63, 3.8) is 0 Å². The summed E-state index contributed by atoms with van der Waals surface area (Å²) in [6, 6.07) is 25.6. The molecule has 3 amide bonds. The molecule has 3 rings (SSSR count). The van der Waals surface area contributed by atoms with E-state index in [1.165, 1.54) is 0 Å². The first-order valence-electron chi connectivity index (χ1n) is 13.3. The summed E-state index contributed by atoms with van der Waals surface area (Å²) < 4.78 is 0. The highest BCUT2D eigenvalue weighted by molar-refractivity contribution is 6.00. The van der Waals surface area contributed by atoms with Crippen LogP contribution < -0.4 is 10.6 Å². The first-order chi connectivity index (χ1) is 18.4. The number of para-hydroxylation sites is 1. The molecule has 6 nitrogen and oxygen atoms in total. The van der Waals surface area contributed by atoms with E-state index < -0.39 is 5.92 Å². The molecule has 2 N–H and O–H groups in total. The molecule has 3 aromatic rings. The van der Waals surface area contributed by atoms with Gasteiger partial charge in [0.15, 0.2) is 0 Å². The number of hydrogen-bond acceptors (Lipinski definition) is 3. The molecule has 0 aliphatic rings. The lowest BCUT2D eigenvalue weighted by atomic mass is 9.95. The third kappa shape index (κ3) is 8.58. The Hall–Kier alpha value is -3.93. The van der Waals surface area contributed by atoms with Gasteiger partial charge in [-0.2, -0.15) is 0 Å². The quantitative estimate of drug-likeness (QED) is 0.305. The Kier molecular flexibility index (Phi) is 11.1. The van der Waals surface area contributed by atoms with Crippen molar-refractivity contribution in [2.24, 2.45) is 5.92 Å². The lowest BCUT2D eigenvalue weighted by Gasteiger charge is -2.23. The molecular formula is C32H38N3O3. The number of anilines is 1. The lowest BCUT2D eigenvalue weighted by Crippen LogP contribution is -2.39. The van der Waals surface area contributed by atoms with E-state index in [9.17, 15) is 14.4 Å². The van der Waals surface area contributed by atoms with E-state index in [4.69, 9.17) is 0 Å². The highest BCUT2D eigenvalue weighted by Crippen LogP contribution is 2.16. The summed E-state index contributed by atoms with van der Waals surface area (Å²) in [5.74, 6) is -1.13. The van der Waals surface area contributed by atoms with E-state index in [1.54, 1.807) is 24.3 Å². The van der Waals surface area contributed by atoms with Crippen LogP contribution in [0.4, 0.5) is 5.69 Å². The van der Waals surface area contributed by atoms with Crippen LogP contribution in [0.2, 0.25) is 0 Å². The lowest BCUT2D eigenvalue weighted by molar-refractivity contribution is -0.119. The maximum Gasteiger partial charge on any atom is 0.253 e. The van der Waals surface area contributed by atoms with Crippen molar-refractivity contribution in [3.05, 3.63) is 109 Å². The van der Waals surface area contributed by atoms with Gasteiger partial charge in [-0.05, 0) is 68.5 Å². The zero-order valence-electron chi connectivity index (χ0n) is 22.4. The molecule has 0 saturated carbocycles. The standard InChI is InChI=1S/C32H38N3O3/c1-4-19-35(20-5-2)32(38)27-16-12-15-26(23-27)31(37)34-29(22-25-13-8-6-9-14-25)21-24(3)30(36)33-28-17-10-7-11-18-28/h6-18,23-24,29H,3-5,19-22H2,1-2H3,(H,33,36)(H,34,37)/t24-,29+/m0/s1. The van der Waals surface area contributed by atoms with Crippen LogP contribution >= 0.6 is 0 Å². The average molecular weight is 513 g/mol. The Morgan fingerprint density at radius 3 is 2.05 bits per heavy atom. The van der Waals surface area contributed by atoms with Gasteiger partial charge in [0.1, 0.15) is 0 Å². The van der Waals surface area contributed by atoms with Crippen molar-refractivity contribution in [1.29, 1.82) is 0 Å². The fourth-order valence-electron chi connectivity index (χ4n) is 4.41. The van der Waals surface area contributed by atoms with E-state index in [1.807, 2.05) is 79.4 Å². The van der Waals surface area contributed by atoms with Crippen molar-refractivity contribution in [2.45, 2.75) is 45.6 Å². The maximum absolute atomic E-state index is 13.3. The summed E-state index contributed by atoms with van der Waals surface area (Å²) in [5, 5.41) is 5.98. The number of carbonyl (C=O) groups excluding carboxylic acids is 3. The van der Waals surface area contributed by atoms with Gasteiger partial charge in [0.2, 0.25) is 5.91 Å². The monoisotopic (exact) mass is 512 g/mol. The molecule has 0 aliphatic carbocycles. The van der Waals surface area contributed by atoms with Crippen LogP contribution in [-0.2, 0) is 11.2 Å². The normalized spacial score (nSPS) is 12.3. The number of nitrogens with zero attached hydrogens (tertiary/aromatic N) is 1. The predicted octanol–water partition coefficient (Wildman–Crippen LogP) is 5.77. The van der Waals surface area contributed by atoms with Crippen LogP contribution in [0, 0.1) is 12.8 Å². The van der Waals surface area contributed by atoms with Gasteiger partial charge < -0.3 is 15.5 Å². The van der Waals surface area contributed by atoms with Crippen LogP contribution in [0.3, 0.4) is 0 Å². The van der Waals surface area contributed by atoms with Gasteiger partial charge in [0.05, 0.1) is 0 Å². The van der Waals surface area contributed by atoms with E-state index in [-0.39, 0.29) is 23.8 Å². The van der Waals surface area contributed by atoms with Crippen LogP contribution in [0.25, 0.3) is 0 Å². The molecular weight excluding hydrogens is 474 g/mol. The highest BCUT2D eigenvalue weighted by Gasteiger charge is 2.23. The van der Waals surface area contributed by atoms with Gasteiger partial charge >= 0.3 is 0 Å². The highest BCUT2D eigenvalue weighted by atomic mass is 16.2. The number of hydrogen-bond donors (Lipinski definition) is 2. The molecule has 0 fully saturated rings. The molecule has 3 aromatic carbocycles. The molecule has 0 saturated heterocycles. The van der Waals surface area contributed by atoms with E-state index in [0.717, 1.165) is 18.4 Å². The fraction of sp³-hybridized carbons (Fsp3) is 0.312. The maximum atomic E-state index is 13.3. The first kappa shape index (κ1) is 28.6. The topological polar surface area (TPSA) is 78.5 Å². The Balaban J connectivity index is 1.74. The van der Waals surface area contributed by atoms with Crippen LogP contribution in [-0.4, -0.2) is 41.8 Å². The molecule has 6 heteroatoms. The van der Waals surface area contributed by atoms with Crippen molar-refractivity contribution < 1.29 is 14.4 Å². The van der Waals surface area contributed by atoms with Gasteiger partial charge in [0.25, 0.3) is 11.8 Å². The van der Waals surface area contributed by atoms with Gasteiger partial charge in [-0.1, -0.05) is 68.4 Å². The Morgan fingerprint density at radius 1 is 0.816 bits per heavy atom. The Labute approximate surface area is 226 Å². The number of benzene rings is 3. The second-order valence-corrected chi connectivity index (χ2v) is 9.52. The summed E-state index contributed by atoms with van der Waals surface area (Å²) in [6.07, 6.45) is 2.66. The summed E-state index contributed by atoms with van der Waals surface area (Å²) in [7, 11) is 0. The average Bonchev–Trinajstić information content (AvgIpc) is 2.93. The molecule has 0 bridgehead atoms. The van der Waals surface area contributed by atoms with Crippen molar-refractivity contribution in [2.75, 3.05) is 18.4 Å². The van der Waals surface area contributed by atoms with E-state index in [0.29, 0.717) is 42.7 Å². The summed E-state index contributed by atoms with van der Waals surface area (Å²) in [4.78, 5) is 41.0. The number of amides is 3. The molecule has 199 valence electrons. The summed E-state index contributed by atoms with van der Waals surface area (Å²) in [6.45, 7) is 9.52. The van der Waals surface area contributed by atoms with Gasteiger partial charge in [0, 0.05) is 41.9 Å². The zero-order valence-corrected chi connectivity index (χ0v) is 22.4. The molecule has 0 heterocycles. The Bertz CT molecular complexity index is 1170. The molecule has 0 aliphatic heterocycles. The second-order valence-electron chi connectivity index (χ2n) is 9.52. The number of nitrogens with one attached hydrogen (secondary N) is 2. The Morgan fingerprint density at radius 2 is 1.42 bits per heavy atom. The molecule has 1 radical (unpaired) electrons. The summed E-state index contributed by atoms with van der Waals surface area (Å²) >= 11 is 0. The van der Waals surface area contributed by atoms with Crippen LogP contribution in [0.1, 0.15) is 59.4 Å². The molecule has 38 heavy (non-hydrogen) atoms. The van der Waals surface area contributed by atoms with Gasteiger partial charge in [-0.25, -0.2) is 0 Å². The third-order valence-electron chi connectivity index (χ3n) is 6.29. The largest absolute Gasteiger partial charge is 0.349 e. The van der Waals surface area contributed by atoms with Gasteiger partial charge in [-0.15, -0.1) is 0 Å². The molecule has 0 spiro atoms. The van der Waals surface area contributed by atoms with Crippen molar-refractivity contribution in [1.82, 2.24) is 10.2 Å². The van der Waals surface area contributed by atoms with Crippen LogP contribution in [0.5, 0.6) is 0 Å². The molecule has 0 aromatic heterocycles. The molecule has 0 unspecified atom stereocenters. The number of rotatable bonds is 13. The minimum atomic E-state index is -0.575. The minimum absolute atomic E-state index is 0.0698.